The maximum Gasteiger partial charge on any atom is 0.169 e. The maximum absolute atomic E-state index is 11.3. The fourth-order valence-corrected chi connectivity index (χ4v) is 2.38. The average molecular weight is 291 g/mol. The van der Waals surface area contributed by atoms with Gasteiger partial charge in [-0.15, -0.1) is 0 Å². The number of nitrogens with zero attached hydrogens (tertiary/aromatic N) is 2. The predicted octanol–water partition coefficient (Wildman–Crippen LogP) is 4.12. The topological polar surface area (TPSA) is 34.4 Å². The van der Waals surface area contributed by atoms with Gasteiger partial charge in [0, 0.05) is 16.8 Å². The fourth-order valence-electron chi connectivity index (χ4n) is 2.00. The molecule has 0 radical (unpaired) electrons. The van der Waals surface area contributed by atoms with Gasteiger partial charge in [0.15, 0.2) is 6.29 Å². The van der Waals surface area contributed by atoms with Crippen molar-refractivity contribution in [3.8, 4) is 11.3 Å². The largest absolute Gasteiger partial charge is 0.297 e. The highest BCUT2D eigenvalue weighted by atomic mass is 35.5. The van der Waals surface area contributed by atoms with E-state index in [4.69, 9.17) is 23.2 Å². The summed E-state index contributed by atoms with van der Waals surface area (Å²) in [5, 5.41) is 1.06. The number of aromatic nitrogens is 2. The molecule has 2 aromatic heterocycles. The van der Waals surface area contributed by atoms with Crippen molar-refractivity contribution in [3.63, 3.8) is 0 Å². The Morgan fingerprint density at radius 1 is 1.16 bits per heavy atom. The minimum Gasteiger partial charge on any atom is -0.297 e. The minimum atomic E-state index is 0.458. The van der Waals surface area contributed by atoms with Gasteiger partial charge in [-0.25, -0.2) is 4.98 Å². The van der Waals surface area contributed by atoms with E-state index in [-0.39, 0.29) is 0 Å². The van der Waals surface area contributed by atoms with E-state index in [1.807, 2.05) is 18.2 Å². The molecule has 0 aliphatic carbocycles. The Bertz CT molecular complexity index is 780. The van der Waals surface area contributed by atoms with Gasteiger partial charge < -0.3 is 0 Å². The van der Waals surface area contributed by atoms with E-state index in [1.165, 1.54) is 0 Å². The predicted molar refractivity (Wildman–Crippen MR) is 76.0 cm³/mol. The molecule has 0 atom stereocenters. The number of hydrogen-bond donors (Lipinski definition) is 0. The van der Waals surface area contributed by atoms with Crippen LogP contribution >= 0.6 is 23.2 Å². The van der Waals surface area contributed by atoms with Crippen LogP contribution in [0.3, 0.4) is 0 Å². The number of rotatable bonds is 2. The van der Waals surface area contributed by atoms with Gasteiger partial charge in [-0.2, -0.15) is 0 Å². The van der Waals surface area contributed by atoms with Gasteiger partial charge in [-0.05, 0) is 30.3 Å². The highest BCUT2D eigenvalue weighted by Gasteiger charge is 2.15. The first-order chi connectivity index (χ1) is 9.20. The average Bonchev–Trinajstić information content (AvgIpc) is 2.79. The summed E-state index contributed by atoms with van der Waals surface area (Å²) in [6.45, 7) is 0. The molecule has 0 unspecified atom stereocenters. The van der Waals surface area contributed by atoms with Crippen molar-refractivity contribution in [1.29, 1.82) is 0 Å². The van der Waals surface area contributed by atoms with Crippen LogP contribution in [0.1, 0.15) is 10.5 Å². The van der Waals surface area contributed by atoms with Crippen LogP contribution in [-0.4, -0.2) is 15.7 Å². The van der Waals surface area contributed by atoms with Gasteiger partial charge in [0.05, 0.1) is 5.02 Å². The van der Waals surface area contributed by atoms with E-state index in [0.717, 1.165) is 6.29 Å². The number of carbonyl (C=O) groups is 1. The van der Waals surface area contributed by atoms with Gasteiger partial charge in [0.25, 0.3) is 0 Å². The molecule has 0 bridgehead atoms. The summed E-state index contributed by atoms with van der Waals surface area (Å²) in [6, 6.07) is 10.6. The molecule has 0 N–H and O–H groups in total. The number of fused-ring (bicyclic) bond motifs is 1. The maximum atomic E-state index is 11.3. The monoisotopic (exact) mass is 290 g/mol. The molecule has 0 amide bonds. The van der Waals surface area contributed by atoms with Crippen LogP contribution in [-0.2, 0) is 0 Å². The van der Waals surface area contributed by atoms with Crippen LogP contribution in [0.5, 0.6) is 0 Å². The normalized spacial score (nSPS) is 10.8. The van der Waals surface area contributed by atoms with Crippen LogP contribution < -0.4 is 0 Å². The summed E-state index contributed by atoms with van der Waals surface area (Å²) in [5.41, 5.74) is 2.34. The van der Waals surface area contributed by atoms with Crippen LogP contribution in [0.2, 0.25) is 10.0 Å². The number of pyridine rings is 1. The van der Waals surface area contributed by atoms with Crippen molar-refractivity contribution in [2.75, 3.05) is 0 Å². The van der Waals surface area contributed by atoms with E-state index < -0.39 is 0 Å². The number of halogens is 2. The molecule has 94 valence electrons. The molecular weight excluding hydrogens is 283 g/mol. The lowest BCUT2D eigenvalue weighted by Crippen LogP contribution is -1.92. The van der Waals surface area contributed by atoms with Crippen molar-refractivity contribution in [2.24, 2.45) is 0 Å². The lowest BCUT2D eigenvalue weighted by molar-refractivity contribution is 0.111. The molecule has 0 aliphatic heterocycles. The smallest absolute Gasteiger partial charge is 0.169 e. The lowest BCUT2D eigenvalue weighted by atomic mass is 10.1. The van der Waals surface area contributed by atoms with Gasteiger partial charge in [0.1, 0.15) is 17.0 Å². The first-order valence-corrected chi connectivity index (χ1v) is 6.34. The Morgan fingerprint density at radius 3 is 2.79 bits per heavy atom. The Kier molecular flexibility index (Phi) is 3.01. The van der Waals surface area contributed by atoms with Crippen molar-refractivity contribution in [3.05, 3.63) is 58.3 Å². The van der Waals surface area contributed by atoms with Crippen molar-refractivity contribution in [1.82, 2.24) is 9.38 Å². The number of imidazole rings is 1. The molecular formula is C14H8Cl2N2O. The Hall–Kier alpha value is -1.84. The van der Waals surface area contributed by atoms with Gasteiger partial charge >= 0.3 is 0 Å². The summed E-state index contributed by atoms with van der Waals surface area (Å²) < 4.78 is 1.72. The highest BCUT2D eigenvalue weighted by Crippen LogP contribution is 2.32. The zero-order valence-corrected chi connectivity index (χ0v) is 11.2. The van der Waals surface area contributed by atoms with E-state index in [2.05, 4.69) is 4.98 Å². The van der Waals surface area contributed by atoms with E-state index in [0.29, 0.717) is 32.6 Å². The number of benzene rings is 1. The summed E-state index contributed by atoms with van der Waals surface area (Å²) in [5.74, 6) is 0. The van der Waals surface area contributed by atoms with Gasteiger partial charge in [0.2, 0.25) is 0 Å². The number of aldehydes is 1. The molecule has 2 heterocycles. The Morgan fingerprint density at radius 2 is 2.00 bits per heavy atom. The molecule has 0 saturated carbocycles. The highest BCUT2D eigenvalue weighted by molar-refractivity contribution is 6.35. The van der Waals surface area contributed by atoms with Crippen LogP contribution in [0.25, 0.3) is 16.9 Å². The SMILES string of the molecule is O=Cc1c(-c2cc(Cl)ccc2Cl)nc2ccccn12. The van der Waals surface area contributed by atoms with Crippen molar-refractivity contribution in [2.45, 2.75) is 0 Å². The zero-order valence-electron chi connectivity index (χ0n) is 9.68. The molecule has 0 fully saturated rings. The van der Waals surface area contributed by atoms with Crippen LogP contribution in [0.15, 0.2) is 42.6 Å². The molecule has 19 heavy (non-hydrogen) atoms. The van der Waals surface area contributed by atoms with Crippen molar-refractivity contribution < 1.29 is 4.79 Å². The summed E-state index contributed by atoms with van der Waals surface area (Å²) >= 11 is 12.1. The Balaban J connectivity index is 2.36. The third kappa shape index (κ3) is 2.01. The first kappa shape index (κ1) is 12.2. The minimum absolute atomic E-state index is 0.458. The zero-order chi connectivity index (χ0) is 13.4. The molecule has 0 spiro atoms. The molecule has 0 aliphatic rings. The first-order valence-electron chi connectivity index (χ1n) is 5.58. The summed E-state index contributed by atoms with van der Waals surface area (Å²) in [4.78, 5) is 15.8. The van der Waals surface area contributed by atoms with Gasteiger partial charge in [-0.1, -0.05) is 29.3 Å². The molecule has 1 aromatic carbocycles. The molecule has 5 heteroatoms. The van der Waals surface area contributed by atoms with E-state index in [9.17, 15) is 4.79 Å². The molecule has 3 rings (SSSR count). The van der Waals surface area contributed by atoms with Crippen LogP contribution in [0, 0.1) is 0 Å². The fraction of sp³-hybridized carbons (Fsp3) is 0. The summed E-state index contributed by atoms with van der Waals surface area (Å²) in [6.07, 6.45) is 2.56. The Labute approximate surface area is 119 Å². The van der Waals surface area contributed by atoms with E-state index >= 15 is 0 Å². The third-order valence-corrected chi connectivity index (χ3v) is 3.43. The molecule has 3 nitrogen and oxygen atoms in total. The van der Waals surface area contributed by atoms with Crippen LogP contribution in [0.4, 0.5) is 0 Å². The second-order valence-electron chi connectivity index (χ2n) is 4.02. The van der Waals surface area contributed by atoms with E-state index in [1.54, 1.807) is 28.8 Å². The second kappa shape index (κ2) is 4.68. The third-order valence-electron chi connectivity index (χ3n) is 2.86. The number of hydrogen-bond acceptors (Lipinski definition) is 2. The standard InChI is InChI=1S/C14H8Cl2N2O/c15-9-4-5-11(16)10(7-9)14-12(8-19)18-6-2-1-3-13(18)17-14/h1-8H. The van der Waals surface area contributed by atoms with Crippen molar-refractivity contribution >= 4 is 35.1 Å². The quantitative estimate of drug-likeness (QED) is 0.665. The molecule has 0 saturated heterocycles. The molecule has 3 aromatic rings. The number of carbonyl (C=O) groups excluding carboxylic acids is 1. The second-order valence-corrected chi connectivity index (χ2v) is 4.86. The van der Waals surface area contributed by atoms with Gasteiger partial charge in [-0.3, -0.25) is 9.20 Å². The summed E-state index contributed by atoms with van der Waals surface area (Å²) in [7, 11) is 0. The lowest BCUT2D eigenvalue weighted by Gasteiger charge is -2.02.